The summed E-state index contributed by atoms with van der Waals surface area (Å²) in [5, 5.41) is 0. The van der Waals surface area contributed by atoms with Gasteiger partial charge in [0.15, 0.2) is 0 Å². The van der Waals surface area contributed by atoms with Gasteiger partial charge in [-0.3, -0.25) is 4.79 Å². The van der Waals surface area contributed by atoms with Gasteiger partial charge in [0.05, 0.1) is 0 Å². The average Bonchev–Trinajstić information content (AvgIpc) is 2.53. The summed E-state index contributed by atoms with van der Waals surface area (Å²) in [6.45, 7) is 7.86. The van der Waals surface area contributed by atoms with Gasteiger partial charge in [0.25, 0.3) is 0 Å². The summed E-state index contributed by atoms with van der Waals surface area (Å²) in [5.41, 5.74) is -0.463. The van der Waals surface area contributed by atoms with Gasteiger partial charge in [-0.05, 0) is 40.0 Å². The molecule has 1 aliphatic carbocycles. The van der Waals surface area contributed by atoms with Gasteiger partial charge >= 0.3 is 6.09 Å². The molecule has 0 aromatic rings. The molecule has 0 radical (unpaired) electrons. The van der Waals surface area contributed by atoms with E-state index in [-0.39, 0.29) is 23.8 Å². The van der Waals surface area contributed by atoms with Crippen LogP contribution in [0, 0.1) is 11.8 Å². The van der Waals surface area contributed by atoms with Crippen LogP contribution < -0.4 is 0 Å². The molecule has 1 unspecified atom stereocenters. The largest absolute Gasteiger partial charge is 0.444 e. The number of Topliss-reactive ketones (excluding diaryl/α,β-unsaturated/α-hetero) is 1. The molecule has 0 aromatic heterocycles. The first kappa shape index (κ1) is 11.4. The van der Waals surface area contributed by atoms with Crippen LogP contribution in [0.5, 0.6) is 0 Å². The summed E-state index contributed by atoms with van der Waals surface area (Å²) in [6, 6.07) is 0.0948. The fourth-order valence-electron chi connectivity index (χ4n) is 2.75. The molecule has 2 heterocycles. The molecule has 0 spiro atoms. The van der Waals surface area contributed by atoms with E-state index in [0.29, 0.717) is 12.5 Å². The van der Waals surface area contributed by atoms with Crippen LogP contribution in [0.25, 0.3) is 0 Å². The molecule has 90 valence electrons. The Bertz CT molecular complexity index is 332. The Hall–Kier alpha value is -1.06. The van der Waals surface area contributed by atoms with Gasteiger partial charge in [-0.1, -0.05) is 0 Å². The van der Waals surface area contributed by atoms with E-state index in [2.05, 4.69) is 0 Å². The lowest BCUT2D eigenvalue weighted by Gasteiger charge is -2.34. The molecule has 16 heavy (non-hydrogen) atoms. The number of ketones is 1. The Morgan fingerprint density at radius 2 is 1.94 bits per heavy atom. The molecule has 1 amide bonds. The van der Waals surface area contributed by atoms with Crippen LogP contribution in [0.1, 0.15) is 34.1 Å². The lowest BCUT2D eigenvalue weighted by atomic mass is 9.72. The number of rotatable bonds is 1. The van der Waals surface area contributed by atoms with Crippen LogP contribution >= 0.6 is 0 Å². The molecule has 1 saturated carbocycles. The Morgan fingerprint density at radius 3 is 2.38 bits per heavy atom. The first-order valence-corrected chi connectivity index (χ1v) is 5.79. The smallest absolute Gasteiger partial charge is 0.410 e. The second-order valence-corrected chi connectivity index (χ2v) is 5.83. The van der Waals surface area contributed by atoms with Crippen molar-refractivity contribution in [2.75, 3.05) is 6.54 Å². The second kappa shape index (κ2) is 3.47. The molecule has 3 rings (SSSR count). The predicted molar refractivity (Wildman–Crippen MR) is 59.0 cm³/mol. The van der Waals surface area contributed by atoms with Gasteiger partial charge in [0, 0.05) is 18.5 Å². The third-order valence-electron chi connectivity index (χ3n) is 3.40. The van der Waals surface area contributed by atoms with Gasteiger partial charge in [-0.15, -0.1) is 0 Å². The van der Waals surface area contributed by atoms with Crippen molar-refractivity contribution in [2.24, 2.45) is 11.8 Å². The number of hydrogen-bond acceptors (Lipinski definition) is 3. The van der Waals surface area contributed by atoms with Gasteiger partial charge in [0.1, 0.15) is 11.4 Å². The first-order valence-electron chi connectivity index (χ1n) is 5.79. The highest BCUT2D eigenvalue weighted by atomic mass is 16.6. The summed E-state index contributed by atoms with van der Waals surface area (Å²) in [6.07, 6.45) is 0.687. The van der Waals surface area contributed by atoms with E-state index in [0.717, 1.165) is 6.42 Å². The normalized spacial score (nSPS) is 32.2. The van der Waals surface area contributed by atoms with Crippen LogP contribution in [0.4, 0.5) is 4.79 Å². The third-order valence-corrected chi connectivity index (χ3v) is 3.40. The summed E-state index contributed by atoms with van der Waals surface area (Å²) in [5.74, 6) is 0.634. The number of amides is 1. The molecule has 0 aromatic carbocycles. The highest BCUT2D eigenvalue weighted by Crippen LogP contribution is 2.47. The third kappa shape index (κ3) is 1.81. The first-order chi connectivity index (χ1) is 7.29. The number of hydrogen-bond donors (Lipinski definition) is 0. The van der Waals surface area contributed by atoms with Crippen LogP contribution in [0.2, 0.25) is 0 Å². The molecule has 0 N–H and O–H groups in total. The van der Waals surface area contributed by atoms with Crippen molar-refractivity contribution >= 4 is 11.9 Å². The molecule has 3 fully saturated rings. The van der Waals surface area contributed by atoms with Gasteiger partial charge in [0.2, 0.25) is 0 Å². The lowest BCUT2D eigenvalue weighted by molar-refractivity contribution is -0.125. The number of carbonyl (C=O) groups is 2. The zero-order chi connectivity index (χ0) is 12.1. The fourth-order valence-corrected chi connectivity index (χ4v) is 2.75. The Balaban J connectivity index is 1.99. The molecular formula is C12H19NO3. The minimum absolute atomic E-state index is 0.0625. The predicted octanol–water partition coefficient (Wildman–Crippen LogP) is 1.83. The summed E-state index contributed by atoms with van der Waals surface area (Å²) < 4.78 is 5.32. The molecule has 2 saturated heterocycles. The maximum absolute atomic E-state index is 11.9. The van der Waals surface area contributed by atoms with Crippen molar-refractivity contribution in [3.05, 3.63) is 0 Å². The van der Waals surface area contributed by atoms with E-state index >= 15 is 0 Å². The minimum atomic E-state index is -0.463. The van der Waals surface area contributed by atoms with E-state index in [1.165, 1.54) is 0 Å². The van der Waals surface area contributed by atoms with Crippen LogP contribution in [0.15, 0.2) is 0 Å². The van der Waals surface area contributed by atoms with Gasteiger partial charge in [-0.2, -0.15) is 0 Å². The quantitative estimate of drug-likeness (QED) is 0.684. The number of fused-ring (bicyclic) bond motifs is 1. The van der Waals surface area contributed by atoms with E-state index in [1.54, 1.807) is 11.8 Å². The summed E-state index contributed by atoms with van der Waals surface area (Å²) >= 11 is 0. The maximum Gasteiger partial charge on any atom is 0.410 e. The zero-order valence-electron chi connectivity index (χ0n) is 10.3. The number of carbonyl (C=O) groups excluding carboxylic acids is 2. The molecular weight excluding hydrogens is 206 g/mol. The van der Waals surface area contributed by atoms with Crippen LogP contribution in [-0.4, -0.2) is 35.0 Å². The van der Waals surface area contributed by atoms with Crippen LogP contribution in [0.3, 0.4) is 0 Å². The van der Waals surface area contributed by atoms with Crippen molar-refractivity contribution in [1.29, 1.82) is 0 Å². The number of nitrogens with zero attached hydrogens (tertiary/aromatic N) is 1. The molecule has 3 aliphatic rings. The van der Waals surface area contributed by atoms with Crippen LogP contribution in [-0.2, 0) is 9.53 Å². The molecule has 3 atom stereocenters. The van der Waals surface area contributed by atoms with E-state index < -0.39 is 5.60 Å². The fraction of sp³-hybridized carbons (Fsp3) is 0.833. The van der Waals surface area contributed by atoms with Crippen molar-refractivity contribution < 1.29 is 14.3 Å². The highest BCUT2D eigenvalue weighted by Gasteiger charge is 2.56. The standard InChI is InChI=1S/C12H19NO3/c1-7(14)10-8-5-9(10)13(6-8)11(15)16-12(2,3)4/h8-10H,5-6H2,1-4H3/t8-,9-,10?/m0/s1. The average molecular weight is 225 g/mol. The van der Waals surface area contributed by atoms with E-state index in [4.69, 9.17) is 4.74 Å². The molecule has 4 nitrogen and oxygen atoms in total. The molecule has 4 heteroatoms. The topological polar surface area (TPSA) is 46.6 Å². The second-order valence-electron chi connectivity index (χ2n) is 5.83. The Morgan fingerprint density at radius 1 is 1.31 bits per heavy atom. The Kier molecular flexibility index (Phi) is 2.48. The van der Waals surface area contributed by atoms with E-state index in [9.17, 15) is 9.59 Å². The zero-order valence-corrected chi connectivity index (χ0v) is 10.3. The Labute approximate surface area is 95.9 Å². The monoisotopic (exact) mass is 225 g/mol. The van der Waals surface area contributed by atoms with Gasteiger partial charge < -0.3 is 9.64 Å². The molecule has 2 bridgehead atoms. The van der Waals surface area contributed by atoms with Crippen molar-refractivity contribution in [3.8, 4) is 0 Å². The molecule has 2 aliphatic heterocycles. The lowest BCUT2D eigenvalue weighted by Crippen LogP contribution is -2.45. The van der Waals surface area contributed by atoms with Gasteiger partial charge in [-0.25, -0.2) is 4.79 Å². The van der Waals surface area contributed by atoms with E-state index in [1.807, 2.05) is 20.8 Å². The summed E-state index contributed by atoms with van der Waals surface area (Å²) in [4.78, 5) is 24.9. The SMILES string of the molecule is CC(=O)C1[C@H]2C[C@@H]1N(C(=O)OC(C)(C)C)C2. The van der Waals surface area contributed by atoms with Crippen molar-refractivity contribution in [3.63, 3.8) is 0 Å². The number of ether oxygens (including phenoxy) is 1. The van der Waals surface area contributed by atoms with Crippen molar-refractivity contribution in [2.45, 2.75) is 45.8 Å². The van der Waals surface area contributed by atoms with Crippen molar-refractivity contribution in [1.82, 2.24) is 4.90 Å². The maximum atomic E-state index is 11.9. The highest BCUT2D eigenvalue weighted by molar-refractivity contribution is 5.83. The minimum Gasteiger partial charge on any atom is -0.444 e. The summed E-state index contributed by atoms with van der Waals surface area (Å²) in [7, 11) is 0.